The Morgan fingerprint density at radius 2 is 2.21 bits per heavy atom. The number of carbonyl (C=O) groups is 1. The summed E-state index contributed by atoms with van der Waals surface area (Å²) in [5.41, 5.74) is 3.09. The van der Waals surface area contributed by atoms with Gasteiger partial charge in [0.15, 0.2) is 5.78 Å². The Bertz CT molecular complexity index is 602. The molecule has 3 nitrogen and oxygen atoms in total. The van der Waals surface area contributed by atoms with E-state index in [0.717, 1.165) is 17.7 Å². The molecule has 19 heavy (non-hydrogen) atoms. The van der Waals surface area contributed by atoms with E-state index in [1.807, 2.05) is 18.2 Å². The molecule has 0 fully saturated rings. The van der Waals surface area contributed by atoms with Crippen LogP contribution in [0, 0.1) is 0 Å². The highest BCUT2D eigenvalue weighted by Crippen LogP contribution is 2.26. The number of nitrogens with one attached hydrogen (secondary N) is 1. The van der Waals surface area contributed by atoms with Gasteiger partial charge in [0.05, 0.1) is 11.1 Å². The number of nitrogens with zero attached hydrogens (tertiary/aromatic N) is 1. The first kappa shape index (κ1) is 12.2. The highest BCUT2D eigenvalue weighted by Gasteiger charge is 2.26. The Hall–Kier alpha value is -1.87. The largest absolute Gasteiger partial charge is 0.375 e. The van der Waals surface area contributed by atoms with E-state index in [-0.39, 0.29) is 11.8 Å². The third kappa shape index (κ3) is 2.47. The van der Waals surface area contributed by atoms with Gasteiger partial charge in [0.2, 0.25) is 0 Å². The van der Waals surface area contributed by atoms with Crippen molar-refractivity contribution in [2.24, 2.45) is 0 Å². The number of benzene rings is 1. The minimum atomic E-state index is -0.151. The van der Waals surface area contributed by atoms with Gasteiger partial charge in [0, 0.05) is 30.9 Å². The zero-order valence-corrected chi connectivity index (χ0v) is 11.0. The fourth-order valence-electron chi connectivity index (χ4n) is 2.35. The van der Waals surface area contributed by atoms with Gasteiger partial charge in [-0.3, -0.25) is 9.78 Å². The summed E-state index contributed by atoms with van der Waals surface area (Å²) >= 11 is 6.03. The summed E-state index contributed by atoms with van der Waals surface area (Å²) in [6.45, 7) is 0. The number of anilines is 1. The molecule has 0 radical (unpaired) electrons. The van der Waals surface area contributed by atoms with Crippen molar-refractivity contribution in [1.29, 1.82) is 0 Å². The van der Waals surface area contributed by atoms with Gasteiger partial charge < -0.3 is 5.32 Å². The van der Waals surface area contributed by atoms with E-state index < -0.39 is 0 Å². The van der Waals surface area contributed by atoms with Crippen LogP contribution < -0.4 is 5.32 Å². The molecule has 0 saturated heterocycles. The van der Waals surface area contributed by atoms with E-state index in [0.29, 0.717) is 11.4 Å². The molecule has 1 aromatic heterocycles. The molecule has 3 rings (SSSR count). The summed E-state index contributed by atoms with van der Waals surface area (Å²) in [6, 6.07) is 9.66. The van der Waals surface area contributed by atoms with Crippen molar-refractivity contribution in [3.05, 3.63) is 58.9 Å². The Balaban J connectivity index is 1.72. The van der Waals surface area contributed by atoms with Crippen LogP contribution in [0.4, 0.5) is 5.69 Å². The van der Waals surface area contributed by atoms with Crippen LogP contribution >= 0.6 is 11.6 Å². The van der Waals surface area contributed by atoms with Gasteiger partial charge in [-0.25, -0.2) is 0 Å². The first-order valence-corrected chi connectivity index (χ1v) is 6.57. The third-order valence-electron chi connectivity index (χ3n) is 3.38. The lowest BCUT2D eigenvalue weighted by Crippen LogP contribution is -2.28. The fraction of sp³-hybridized carbons (Fsp3) is 0.200. The van der Waals surface area contributed by atoms with Crippen LogP contribution in [-0.4, -0.2) is 16.8 Å². The molecule has 1 unspecified atom stereocenters. The van der Waals surface area contributed by atoms with Crippen molar-refractivity contribution >= 4 is 23.1 Å². The molecule has 0 aliphatic carbocycles. The van der Waals surface area contributed by atoms with Gasteiger partial charge in [0.25, 0.3) is 0 Å². The van der Waals surface area contributed by atoms with E-state index in [2.05, 4.69) is 16.4 Å². The zero-order valence-electron chi connectivity index (χ0n) is 10.3. The summed E-state index contributed by atoms with van der Waals surface area (Å²) in [7, 11) is 0. The zero-order chi connectivity index (χ0) is 13.2. The molecule has 1 aliphatic rings. The van der Waals surface area contributed by atoms with E-state index in [1.165, 1.54) is 5.56 Å². The lowest BCUT2D eigenvalue weighted by atomic mass is 10.0. The maximum Gasteiger partial charge on any atom is 0.159 e. The van der Waals surface area contributed by atoms with E-state index in [4.69, 9.17) is 11.6 Å². The van der Waals surface area contributed by atoms with E-state index in [1.54, 1.807) is 18.5 Å². The minimum absolute atomic E-state index is 0.151. The Kier molecular flexibility index (Phi) is 3.22. The number of Topliss-reactive ketones (excluding diaryl/α,β-unsaturated/α-hetero) is 1. The molecule has 0 spiro atoms. The molecule has 2 aromatic rings. The lowest BCUT2D eigenvalue weighted by molar-refractivity contribution is -0.119. The van der Waals surface area contributed by atoms with Crippen molar-refractivity contribution < 1.29 is 4.79 Å². The summed E-state index contributed by atoms with van der Waals surface area (Å²) in [6.07, 6.45) is 4.32. The van der Waals surface area contributed by atoms with Crippen LogP contribution in [0.25, 0.3) is 0 Å². The van der Waals surface area contributed by atoms with Crippen LogP contribution in [-0.2, 0) is 17.6 Å². The number of aromatic nitrogens is 1. The number of rotatable bonds is 3. The summed E-state index contributed by atoms with van der Waals surface area (Å²) < 4.78 is 0. The maximum absolute atomic E-state index is 12.3. The Labute approximate surface area is 116 Å². The number of ketones is 1. The molecule has 0 saturated carbocycles. The second-order valence-corrected chi connectivity index (χ2v) is 5.08. The summed E-state index contributed by atoms with van der Waals surface area (Å²) in [5.74, 6) is 0.157. The highest BCUT2D eigenvalue weighted by molar-refractivity contribution is 6.31. The molecule has 4 heteroatoms. The van der Waals surface area contributed by atoms with Crippen molar-refractivity contribution in [2.45, 2.75) is 18.9 Å². The molecule has 1 atom stereocenters. The highest BCUT2D eigenvalue weighted by atomic mass is 35.5. The molecule has 0 amide bonds. The first-order chi connectivity index (χ1) is 9.24. The molecule has 96 valence electrons. The SMILES string of the molecule is O=C(Cc1ccncc1Cl)C1Cc2ccccc2N1. The fourth-order valence-corrected chi connectivity index (χ4v) is 2.54. The Morgan fingerprint density at radius 3 is 3.00 bits per heavy atom. The van der Waals surface area contributed by atoms with Gasteiger partial charge >= 0.3 is 0 Å². The van der Waals surface area contributed by atoms with Crippen LogP contribution in [0.3, 0.4) is 0 Å². The monoisotopic (exact) mass is 272 g/mol. The van der Waals surface area contributed by atoms with Crippen molar-refractivity contribution in [3.8, 4) is 0 Å². The average molecular weight is 273 g/mol. The topological polar surface area (TPSA) is 42.0 Å². The molecular formula is C15H13ClN2O. The lowest BCUT2D eigenvalue weighted by Gasteiger charge is -2.10. The normalized spacial score (nSPS) is 16.8. The van der Waals surface area contributed by atoms with Crippen LogP contribution in [0.1, 0.15) is 11.1 Å². The predicted molar refractivity (Wildman–Crippen MR) is 75.5 cm³/mol. The quantitative estimate of drug-likeness (QED) is 0.934. The van der Waals surface area contributed by atoms with Gasteiger partial charge in [0.1, 0.15) is 0 Å². The Morgan fingerprint density at radius 1 is 1.37 bits per heavy atom. The van der Waals surface area contributed by atoms with E-state index in [9.17, 15) is 4.79 Å². The second-order valence-electron chi connectivity index (χ2n) is 4.67. The predicted octanol–water partition coefficient (Wildman–Crippen LogP) is 2.88. The van der Waals surface area contributed by atoms with Gasteiger partial charge in [-0.15, -0.1) is 0 Å². The number of carbonyl (C=O) groups excluding carboxylic acids is 1. The number of hydrogen-bond acceptors (Lipinski definition) is 3. The van der Waals surface area contributed by atoms with Crippen LogP contribution in [0.5, 0.6) is 0 Å². The molecule has 1 aliphatic heterocycles. The maximum atomic E-state index is 12.3. The second kappa shape index (κ2) is 5.02. The molecule has 0 bridgehead atoms. The summed E-state index contributed by atoms with van der Waals surface area (Å²) in [4.78, 5) is 16.2. The van der Waals surface area contributed by atoms with Gasteiger partial charge in [-0.2, -0.15) is 0 Å². The molecule has 2 heterocycles. The molecule has 1 N–H and O–H groups in total. The molecule has 1 aromatic carbocycles. The molecular weight excluding hydrogens is 260 g/mol. The van der Waals surface area contributed by atoms with Crippen molar-refractivity contribution in [2.75, 3.05) is 5.32 Å². The van der Waals surface area contributed by atoms with Gasteiger partial charge in [-0.05, 0) is 23.3 Å². The number of fused-ring (bicyclic) bond motifs is 1. The van der Waals surface area contributed by atoms with Crippen molar-refractivity contribution in [3.63, 3.8) is 0 Å². The van der Waals surface area contributed by atoms with Crippen LogP contribution in [0.15, 0.2) is 42.7 Å². The number of pyridine rings is 1. The first-order valence-electron chi connectivity index (χ1n) is 6.19. The van der Waals surface area contributed by atoms with Gasteiger partial charge in [-0.1, -0.05) is 29.8 Å². The summed E-state index contributed by atoms with van der Waals surface area (Å²) in [5, 5.41) is 3.81. The number of para-hydroxylation sites is 1. The number of halogens is 1. The standard InChI is InChI=1S/C15H13ClN2O/c16-12-9-17-6-5-10(12)8-15(19)14-7-11-3-1-2-4-13(11)18-14/h1-6,9,14,18H,7-8H2. The smallest absolute Gasteiger partial charge is 0.159 e. The minimum Gasteiger partial charge on any atom is -0.375 e. The third-order valence-corrected chi connectivity index (χ3v) is 3.72. The van der Waals surface area contributed by atoms with E-state index >= 15 is 0 Å². The number of hydrogen-bond donors (Lipinski definition) is 1. The van der Waals surface area contributed by atoms with Crippen LogP contribution in [0.2, 0.25) is 5.02 Å². The van der Waals surface area contributed by atoms with Crippen molar-refractivity contribution in [1.82, 2.24) is 4.98 Å². The average Bonchev–Trinajstić information content (AvgIpc) is 2.85.